The summed E-state index contributed by atoms with van der Waals surface area (Å²) >= 11 is 0. The average molecular weight is 202 g/mol. The van der Waals surface area contributed by atoms with Gasteiger partial charge in [0.05, 0.1) is 0 Å². The number of carbonyl (C=O) groups is 2. The smallest absolute Gasteiger partial charge is 0.352 e. The maximum atomic E-state index is 13.8. The highest BCUT2D eigenvalue weighted by atomic mass is 19.1. The summed E-state index contributed by atoms with van der Waals surface area (Å²) in [6.07, 6.45) is 0.519. The molecule has 1 aliphatic carbocycles. The normalized spacial score (nSPS) is 27.9. The van der Waals surface area contributed by atoms with Crippen molar-refractivity contribution in [2.45, 2.75) is 51.3 Å². The molecule has 14 heavy (non-hydrogen) atoms. The van der Waals surface area contributed by atoms with Crippen molar-refractivity contribution in [2.24, 2.45) is 0 Å². The third-order valence-corrected chi connectivity index (χ3v) is 2.09. The molecule has 0 heterocycles. The summed E-state index contributed by atoms with van der Waals surface area (Å²) in [4.78, 5) is 22.5. The minimum Gasteiger partial charge on any atom is -0.457 e. The van der Waals surface area contributed by atoms with E-state index in [1.54, 1.807) is 20.8 Å². The molecule has 0 bridgehead atoms. The molecule has 0 saturated heterocycles. The van der Waals surface area contributed by atoms with Gasteiger partial charge in [-0.25, -0.2) is 9.18 Å². The summed E-state index contributed by atoms with van der Waals surface area (Å²) in [6.45, 7) is 4.94. The Morgan fingerprint density at radius 1 is 1.50 bits per heavy atom. The third kappa shape index (κ3) is 2.11. The molecular formula is C10H15FO3. The molecule has 80 valence electrons. The van der Waals surface area contributed by atoms with Crippen molar-refractivity contribution in [3.05, 3.63) is 0 Å². The lowest BCUT2D eigenvalue weighted by Crippen LogP contribution is -2.43. The molecule has 0 spiro atoms. The second kappa shape index (κ2) is 3.33. The SMILES string of the molecule is CC(C)(C)OC(=O)[C@@]1(F)CCCC1=O. The number of ether oxygens (including phenoxy) is 1. The molecule has 0 N–H and O–H groups in total. The van der Waals surface area contributed by atoms with Crippen molar-refractivity contribution >= 4 is 11.8 Å². The van der Waals surface area contributed by atoms with Crippen molar-refractivity contribution in [1.82, 2.24) is 0 Å². The topological polar surface area (TPSA) is 43.4 Å². The summed E-state index contributed by atoms with van der Waals surface area (Å²) in [5.41, 5.74) is -3.13. The van der Waals surface area contributed by atoms with Crippen LogP contribution in [0.1, 0.15) is 40.0 Å². The van der Waals surface area contributed by atoms with E-state index in [9.17, 15) is 14.0 Å². The van der Waals surface area contributed by atoms with E-state index in [2.05, 4.69) is 0 Å². The van der Waals surface area contributed by atoms with Crippen molar-refractivity contribution < 1.29 is 18.7 Å². The Bertz CT molecular complexity index is 267. The molecule has 0 aromatic rings. The molecule has 1 saturated carbocycles. The Kier molecular flexibility index (Phi) is 2.65. The Hall–Kier alpha value is -0.930. The first-order chi connectivity index (χ1) is 6.26. The number of hydrogen-bond donors (Lipinski definition) is 0. The van der Waals surface area contributed by atoms with Gasteiger partial charge in [0.15, 0.2) is 5.78 Å². The molecule has 0 aromatic carbocycles. The van der Waals surface area contributed by atoms with Crippen molar-refractivity contribution in [2.75, 3.05) is 0 Å². The van der Waals surface area contributed by atoms with Crippen molar-refractivity contribution in [1.29, 1.82) is 0 Å². The summed E-state index contributed by atoms with van der Waals surface area (Å²) in [5, 5.41) is 0. The van der Waals surface area contributed by atoms with Crippen LogP contribution in [0.5, 0.6) is 0 Å². The summed E-state index contributed by atoms with van der Waals surface area (Å²) in [5.74, 6) is -1.68. The van der Waals surface area contributed by atoms with Crippen molar-refractivity contribution in [3.8, 4) is 0 Å². The highest BCUT2D eigenvalue weighted by Crippen LogP contribution is 2.32. The summed E-state index contributed by atoms with van der Waals surface area (Å²) < 4.78 is 18.7. The molecular weight excluding hydrogens is 187 g/mol. The fraction of sp³-hybridized carbons (Fsp3) is 0.800. The number of ketones is 1. The lowest BCUT2D eigenvalue weighted by atomic mass is 10.0. The van der Waals surface area contributed by atoms with Crippen LogP contribution in [0.4, 0.5) is 4.39 Å². The Labute approximate surface area is 82.6 Å². The minimum atomic E-state index is -2.38. The molecule has 3 nitrogen and oxygen atoms in total. The van der Waals surface area contributed by atoms with E-state index in [4.69, 9.17) is 4.74 Å². The van der Waals surface area contributed by atoms with Crippen LogP contribution in [0.2, 0.25) is 0 Å². The molecule has 0 amide bonds. The Balaban J connectivity index is 2.74. The summed E-state index contributed by atoms with van der Waals surface area (Å²) in [6, 6.07) is 0. The van der Waals surface area contributed by atoms with E-state index in [0.29, 0.717) is 6.42 Å². The lowest BCUT2D eigenvalue weighted by Gasteiger charge is -2.24. The highest BCUT2D eigenvalue weighted by molar-refractivity contribution is 6.08. The highest BCUT2D eigenvalue weighted by Gasteiger charge is 2.51. The van der Waals surface area contributed by atoms with Crippen LogP contribution in [0, 0.1) is 0 Å². The van der Waals surface area contributed by atoms with Gasteiger partial charge in [0.25, 0.3) is 5.67 Å². The second-order valence-corrected chi connectivity index (χ2v) is 4.58. The quantitative estimate of drug-likeness (QED) is 0.481. The van der Waals surface area contributed by atoms with Crippen LogP contribution in [-0.2, 0) is 14.3 Å². The first-order valence-corrected chi connectivity index (χ1v) is 4.71. The molecule has 0 aromatic heterocycles. The van der Waals surface area contributed by atoms with E-state index in [0.717, 1.165) is 0 Å². The van der Waals surface area contributed by atoms with E-state index in [1.165, 1.54) is 0 Å². The molecule has 1 rings (SSSR count). The zero-order valence-electron chi connectivity index (χ0n) is 8.72. The first-order valence-electron chi connectivity index (χ1n) is 4.71. The maximum absolute atomic E-state index is 13.8. The number of rotatable bonds is 1. The van der Waals surface area contributed by atoms with E-state index >= 15 is 0 Å². The molecule has 1 fully saturated rings. The zero-order valence-corrected chi connectivity index (χ0v) is 8.72. The predicted molar refractivity (Wildman–Crippen MR) is 48.5 cm³/mol. The van der Waals surface area contributed by atoms with Crippen molar-refractivity contribution in [3.63, 3.8) is 0 Å². The largest absolute Gasteiger partial charge is 0.457 e. The van der Waals surface area contributed by atoms with Gasteiger partial charge in [0.2, 0.25) is 0 Å². The van der Waals surface area contributed by atoms with Gasteiger partial charge in [-0.3, -0.25) is 4.79 Å². The van der Waals surface area contributed by atoms with Crippen LogP contribution >= 0.6 is 0 Å². The van der Waals surface area contributed by atoms with E-state index in [1.807, 2.05) is 0 Å². The van der Waals surface area contributed by atoms with Gasteiger partial charge in [-0.05, 0) is 27.2 Å². The fourth-order valence-corrected chi connectivity index (χ4v) is 1.40. The van der Waals surface area contributed by atoms with Gasteiger partial charge >= 0.3 is 5.97 Å². The fourth-order valence-electron chi connectivity index (χ4n) is 1.40. The van der Waals surface area contributed by atoms with Crippen LogP contribution < -0.4 is 0 Å². The van der Waals surface area contributed by atoms with Gasteiger partial charge in [0.1, 0.15) is 5.60 Å². The zero-order chi connectivity index (χ0) is 11.0. The average Bonchev–Trinajstić information content (AvgIpc) is 2.30. The van der Waals surface area contributed by atoms with E-state index in [-0.39, 0.29) is 12.8 Å². The molecule has 1 aliphatic rings. The van der Waals surface area contributed by atoms with E-state index < -0.39 is 23.0 Å². The molecule has 1 atom stereocenters. The second-order valence-electron chi connectivity index (χ2n) is 4.58. The Morgan fingerprint density at radius 3 is 2.43 bits per heavy atom. The number of alkyl halides is 1. The molecule has 0 radical (unpaired) electrons. The standard InChI is InChI=1S/C10H15FO3/c1-9(2,3)14-8(13)10(11)6-4-5-7(10)12/h4-6H2,1-3H3/t10-/m1/s1. The van der Waals surface area contributed by atoms with Crippen LogP contribution in [0.25, 0.3) is 0 Å². The molecule has 0 unspecified atom stereocenters. The number of carbonyl (C=O) groups excluding carboxylic acids is 2. The third-order valence-electron chi connectivity index (χ3n) is 2.09. The number of hydrogen-bond acceptors (Lipinski definition) is 3. The predicted octanol–water partition coefficient (Wildman–Crippen LogP) is 1.79. The maximum Gasteiger partial charge on any atom is 0.352 e. The first kappa shape index (κ1) is 11.1. The van der Waals surface area contributed by atoms with Gasteiger partial charge in [-0.1, -0.05) is 0 Å². The van der Waals surface area contributed by atoms with Gasteiger partial charge < -0.3 is 4.74 Å². The Morgan fingerprint density at radius 2 is 2.07 bits per heavy atom. The molecule has 0 aliphatic heterocycles. The summed E-state index contributed by atoms with van der Waals surface area (Å²) in [7, 11) is 0. The lowest BCUT2D eigenvalue weighted by molar-refractivity contribution is -0.171. The number of esters is 1. The van der Waals surface area contributed by atoms with Crippen LogP contribution in [0.3, 0.4) is 0 Å². The number of halogens is 1. The van der Waals surface area contributed by atoms with Gasteiger partial charge in [-0.15, -0.1) is 0 Å². The number of Topliss-reactive ketones (excluding diaryl/α,β-unsaturated/α-hetero) is 1. The van der Waals surface area contributed by atoms with Gasteiger partial charge in [0, 0.05) is 12.8 Å². The van der Waals surface area contributed by atoms with Crippen LogP contribution in [-0.4, -0.2) is 23.0 Å². The minimum absolute atomic E-state index is 0.0409. The van der Waals surface area contributed by atoms with Gasteiger partial charge in [-0.2, -0.15) is 0 Å². The van der Waals surface area contributed by atoms with Crippen LogP contribution in [0.15, 0.2) is 0 Å². The molecule has 4 heteroatoms. The monoisotopic (exact) mass is 202 g/mol.